The Morgan fingerprint density at radius 3 is 2.60 bits per heavy atom. The van der Waals surface area contributed by atoms with Crippen LogP contribution in [0.2, 0.25) is 0 Å². The molecule has 3 aliphatic rings. The second-order valence-corrected chi connectivity index (χ2v) is 5.24. The van der Waals surface area contributed by atoms with Gasteiger partial charge in [0.05, 0.1) is 0 Å². The van der Waals surface area contributed by atoms with Crippen molar-refractivity contribution in [3.8, 4) is 0 Å². The normalized spacial score (nSPS) is 37.3. The minimum atomic E-state index is 0.320. The summed E-state index contributed by atoms with van der Waals surface area (Å²) in [4.78, 5) is 14.5. The average molecular weight is 205 g/mol. The lowest BCUT2D eigenvalue weighted by Gasteiger charge is -2.27. The highest BCUT2D eigenvalue weighted by molar-refractivity contribution is 5.80. The molecule has 3 unspecified atom stereocenters. The smallest absolute Gasteiger partial charge is 0.226 e. The molecule has 1 amide bonds. The minimum Gasteiger partial charge on any atom is -0.340 e. The van der Waals surface area contributed by atoms with Gasteiger partial charge in [0.2, 0.25) is 5.91 Å². The van der Waals surface area contributed by atoms with Crippen molar-refractivity contribution < 1.29 is 4.79 Å². The van der Waals surface area contributed by atoms with Gasteiger partial charge in [-0.15, -0.1) is 0 Å². The molecule has 2 bridgehead atoms. The maximum absolute atomic E-state index is 12.3. The summed E-state index contributed by atoms with van der Waals surface area (Å²) >= 11 is 0. The standard InChI is InChI=1S/C13H19NO/c1-2-14(11-5-6-11)13(15)12-8-9-3-4-10(12)7-9/h3-4,9-12H,2,5-8H2,1H3. The summed E-state index contributed by atoms with van der Waals surface area (Å²) in [5.41, 5.74) is 0. The Kier molecular flexibility index (Phi) is 2.11. The highest BCUT2D eigenvalue weighted by Crippen LogP contribution is 2.45. The first kappa shape index (κ1) is 9.44. The molecule has 0 N–H and O–H groups in total. The van der Waals surface area contributed by atoms with Gasteiger partial charge in [-0.05, 0) is 44.4 Å². The molecule has 2 nitrogen and oxygen atoms in total. The molecule has 15 heavy (non-hydrogen) atoms. The van der Waals surface area contributed by atoms with Gasteiger partial charge in [0, 0.05) is 18.5 Å². The Morgan fingerprint density at radius 1 is 1.33 bits per heavy atom. The highest BCUT2D eigenvalue weighted by atomic mass is 16.2. The largest absolute Gasteiger partial charge is 0.340 e. The van der Waals surface area contributed by atoms with E-state index in [1.54, 1.807) is 0 Å². The number of fused-ring (bicyclic) bond motifs is 2. The molecule has 0 saturated heterocycles. The first-order valence-electron chi connectivity index (χ1n) is 6.28. The van der Waals surface area contributed by atoms with Crippen molar-refractivity contribution in [1.29, 1.82) is 0 Å². The van der Waals surface area contributed by atoms with Crippen LogP contribution >= 0.6 is 0 Å². The lowest BCUT2D eigenvalue weighted by Crippen LogP contribution is -2.39. The average Bonchev–Trinajstić information content (AvgIpc) is 2.86. The lowest BCUT2D eigenvalue weighted by atomic mass is 9.92. The van der Waals surface area contributed by atoms with Crippen molar-refractivity contribution >= 4 is 5.91 Å². The molecule has 2 fully saturated rings. The molecule has 0 aromatic rings. The molecule has 0 radical (unpaired) electrons. The minimum absolute atomic E-state index is 0.320. The Bertz CT molecular complexity index is 306. The van der Waals surface area contributed by atoms with Crippen LogP contribution in [-0.2, 0) is 4.79 Å². The van der Waals surface area contributed by atoms with Crippen molar-refractivity contribution in [2.45, 2.75) is 38.6 Å². The number of rotatable bonds is 3. The van der Waals surface area contributed by atoms with Gasteiger partial charge in [0.15, 0.2) is 0 Å². The maximum Gasteiger partial charge on any atom is 0.226 e. The molecule has 0 aromatic carbocycles. The number of hydrogen-bond donors (Lipinski definition) is 0. The summed E-state index contributed by atoms with van der Waals surface area (Å²) in [5.74, 6) is 2.04. The van der Waals surface area contributed by atoms with Gasteiger partial charge in [0.1, 0.15) is 0 Å². The third-order valence-electron chi connectivity index (χ3n) is 4.21. The van der Waals surface area contributed by atoms with Crippen molar-refractivity contribution in [3.05, 3.63) is 12.2 Å². The predicted octanol–water partition coefficient (Wildman–Crippen LogP) is 2.21. The van der Waals surface area contributed by atoms with Crippen LogP contribution in [0.15, 0.2) is 12.2 Å². The molecule has 2 heteroatoms. The molecule has 3 atom stereocenters. The monoisotopic (exact) mass is 205 g/mol. The summed E-state index contributed by atoms with van der Waals surface area (Å²) in [5, 5.41) is 0. The van der Waals surface area contributed by atoms with Crippen LogP contribution in [0.4, 0.5) is 0 Å². The molecule has 3 rings (SSSR count). The van der Waals surface area contributed by atoms with E-state index >= 15 is 0 Å². The first-order chi connectivity index (χ1) is 7.29. The van der Waals surface area contributed by atoms with Crippen molar-refractivity contribution in [3.63, 3.8) is 0 Å². The molecule has 82 valence electrons. The Hall–Kier alpha value is -0.790. The Balaban J connectivity index is 1.71. The van der Waals surface area contributed by atoms with E-state index in [2.05, 4.69) is 24.0 Å². The molecule has 2 saturated carbocycles. The number of carbonyl (C=O) groups is 1. The highest BCUT2D eigenvalue weighted by Gasteiger charge is 2.43. The van der Waals surface area contributed by atoms with E-state index in [1.807, 2.05) is 0 Å². The van der Waals surface area contributed by atoms with Crippen LogP contribution in [0.5, 0.6) is 0 Å². The molecular formula is C13H19NO. The Labute approximate surface area is 91.3 Å². The fourth-order valence-electron chi connectivity index (χ4n) is 3.26. The fraction of sp³-hybridized carbons (Fsp3) is 0.769. The third kappa shape index (κ3) is 1.51. The zero-order chi connectivity index (χ0) is 10.4. The number of nitrogens with zero attached hydrogens (tertiary/aromatic N) is 1. The van der Waals surface area contributed by atoms with E-state index in [4.69, 9.17) is 0 Å². The van der Waals surface area contributed by atoms with Crippen LogP contribution in [0.1, 0.15) is 32.6 Å². The van der Waals surface area contributed by atoms with Gasteiger partial charge in [-0.2, -0.15) is 0 Å². The first-order valence-corrected chi connectivity index (χ1v) is 6.28. The summed E-state index contributed by atoms with van der Waals surface area (Å²) in [7, 11) is 0. The quantitative estimate of drug-likeness (QED) is 0.647. The Morgan fingerprint density at radius 2 is 2.13 bits per heavy atom. The zero-order valence-corrected chi connectivity index (χ0v) is 9.36. The molecule has 3 aliphatic carbocycles. The molecule has 0 aliphatic heterocycles. The number of hydrogen-bond acceptors (Lipinski definition) is 1. The summed E-state index contributed by atoms with van der Waals surface area (Å²) in [6.07, 6.45) is 9.40. The lowest BCUT2D eigenvalue weighted by molar-refractivity contribution is -0.136. The topological polar surface area (TPSA) is 20.3 Å². The van der Waals surface area contributed by atoms with Crippen LogP contribution in [0.25, 0.3) is 0 Å². The summed E-state index contributed by atoms with van der Waals surface area (Å²) in [6.45, 7) is 3.01. The van der Waals surface area contributed by atoms with E-state index in [0.717, 1.165) is 13.0 Å². The summed E-state index contributed by atoms with van der Waals surface area (Å²) < 4.78 is 0. The maximum atomic E-state index is 12.3. The second-order valence-electron chi connectivity index (χ2n) is 5.24. The van der Waals surface area contributed by atoms with Gasteiger partial charge in [-0.1, -0.05) is 12.2 Å². The number of carbonyl (C=O) groups excluding carboxylic acids is 1. The summed E-state index contributed by atoms with van der Waals surface area (Å²) in [6, 6.07) is 0.589. The van der Waals surface area contributed by atoms with Crippen LogP contribution < -0.4 is 0 Å². The van der Waals surface area contributed by atoms with Gasteiger partial charge < -0.3 is 4.90 Å². The predicted molar refractivity (Wildman–Crippen MR) is 59.3 cm³/mol. The van der Waals surface area contributed by atoms with Crippen LogP contribution in [0, 0.1) is 17.8 Å². The van der Waals surface area contributed by atoms with Crippen molar-refractivity contribution in [2.75, 3.05) is 6.54 Å². The van der Waals surface area contributed by atoms with Gasteiger partial charge in [-0.3, -0.25) is 4.79 Å². The van der Waals surface area contributed by atoms with E-state index in [0.29, 0.717) is 29.7 Å². The number of allylic oxidation sites excluding steroid dienone is 2. The van der Waals surface area contributed by atoms with E-state index < -0.39 is 0 Å². The SMILES string of the molecule is CCN(C(=O)C1CC2C=CC1C2)C1CC1. The molecule has 0 aromatic heterocycles. The zero-order valence-electron chi connectivity index (χ0n) is 9.36. The van der Waals surface area contributed by atoms with Crippen LogP contribution in [-0.4, -0.2) is 23.4 Å². The number of amides is 1. The molecule has 0 spiro atoms. The van der Waals surface area contributed by atoms with E-state index in [1.165, 1.54) is 19.3 Å². The second kappa shape index (κ2) is 3.36. The van der Waals surface area contributed by atoms with E-state index in [-0.39, 0.29) is 0 Å². The van der Waals surface area contributed by atoms with Crippen molar-refractivity contribution in [2.24, 2.45) is 17.8 Å². The van der Waals surface area contributed by atoms with Gasteiger partial charge >= 0.3 is 0 Å². The molecular weight excluding hydrogens is 186 g/mol. The van der Waals surface area contributed by atoms with E-state index in [9.17, 15) is 4.79 Å². The molecule has 0 heterocycles. The van der Waals surface area contributed by atoms with Gasteiger partial charge in [0.25, 0.3) is 0 Å². The fourth-order valence-corrected chi connectivity index (χ4v) is 3.26. The van der Waals surface area contributed by atoms with Crippen LogP contribution in [0.3, 0.4) is 0 Å². The third-order valence-corrected chi connectivity index (χ3v) is 4.21. The van der Waals surface area contributed by atoms with Gasteiger partial charge in [-0.25, -0.2) is 0 Å². The van der Waals surface area contributed by atoms with Crippen molar-refractivity contribution in [1.82, 2.24) is 4.90 Å².